The van der Waals surface area contributed by atoms with E-state index in [1.165, 1.54) is 0 Å². The van der Waals surface area contributed by atoms with E-state index >= 15 is 0 Å². The van der Waals surface area contributed by atoms with Crippen LogP contribution in [0.3, 0.4) is 0 Å². The summed E-state index contributed by atoms with van der Waals surface area (Å²) in [4.78, 5) is 44.6. The molecular formula is C28H40N4O6. The van der Waals surface area contributed by atoms with Crippen LogP contribution >= 0.6 is 0 Å². The lowest BCUT2D eigenvalue weighted by atomic mass is 10.1. The van der Waals surface area contributed by atoms with Crippen molar-refractivity contribution in [2.75, 3.05) is 10.6 Å². The van der Waals surface area contributed by atoms with Crippen molar-refractivity contribution in [3.63, 3.8) is 0 Å². The van der Waals surface area contributed by atoms with Crippen molar-refractivity contribution in [2.24, 2.45) is 0 Å². The monoisotopic (exact) mass is 528 g/mol. The second-order valence-electron chi connectivity index (χ2n) is 8.73. The maximum atomic E-state index is 11.6. The van der Waals surface area contributed by atoms with Crippen LogP contribution < -0.4 is 21.6 Å². The number of nitrogens with one attached hydrogen (secondary N) is 4. The van der Waals surface area contributed by atoms with Crippen LogP contribution in [0, 0.1) is 0 Å². The molecule has 0 saturated heterocycles. The van der Waals surface area contributed by atoms with Gasteiger partial charge in [0.05, 0.1) is 0 Å². The number of carbonyl (C=O) groups excluding carboxylic acids is 4. The maximum Gasteiger partial charge on any atom is 0.243 e. The molecule has 0 bridgehead atoms. The first-order chi connectivity index (χ1) is 18.4. The van der Waals surface area contributed by atoms with E-state index in [1.54, 1.807) is 11.0 Å². The molecule has 2 aromatic carbocycles. The fourth-order valence-electron chi connectivity index (χ4n) is 3.45. The predicted molar refractivity (Wildman–Crippen MR) is 145 cm³/mol. The van der Waals surface area contributed by atoms with E-state index in [0.29, 0.717) is 25.7 Å². The van der Waals surface area contributed by atoms with E-state index in [-0.39, 0.29) is 23.6 Å². The lowest BCUT2D eigenvalue weighted by Crippen LogP contribution is -2.17. The molecule has 0 aliphatic rings. The molecule has 38 heavy (non-hydrogen) atoms. The molecule has 10 heteroatoms. The lowest BCUT2D eigenvalue weighted by molar-refractivity contribution is -0.130. The van der Waals surface area contributed by atoms with E-state index in [9.17, 15) is 19.2 Å². The fraction of sp³-hybridized carbons (Fsp3) is 0.429. The van der Waals surface area contributed by atoms with Gasteiger partial charge in [-0.15, -0.1) is 0 Å². The van der Waals surface area contributed by atoms with E-state index < -0.39 is 0 Å². The van der Waals surface area contributed by atoms with Crippen LogP contribution in [-0.4, -0.2) is 34.0 Å². The van der Waals surface area contributed by atoms with Crippen molar-refractivity contribution in [3.05, 3.63) is 60.7 Å². The van der Waals surface area contributed by atoms with Crippen molar-refractivity contribution in [2.45, 2.75) is 77.0 Å². The molecule has 0 atom stereocenters. The molecule has 4 amide bonds. The molecule has 0 fully saturated rings. The number of unbranched alkanes of at least 4 members (excludes halogenated alkanes) is 6. The van der Waals surface area contributed by atoms with Gasteiger partial charge >= 0.3 is 0 Å². The lowest BCUT2D eigenvalue weighted by Gasteiger charge is -2.04. The van der Waals surface area contributed by atoms with Gasteiger partial charge in [0.15, 0.2) is 0 Å². The molecule has 0 radical (unpaired) electrons. The van der Waals surface area contributed by atoms with Crippen LogP contribution in [0.25, 0.3) is 0 Å². The molecule has 2 rings (SSSR count). The van der Waals surface area contributed by atoms with Gasteiger partial charge in [0, 0.05) is 37.1 Å². The molecule has 0 unspecified atom stereocenters. The summed E-state index contributed by atoms with van der Waals surface area (Å²) < 4.78 is 0. The minimum absolute atomic E-state index is 0.0132. The number of amides is 4. The SMILES string of the molecule is O=C(CCCCCCC(=O)Nc1ccccc1)NO.O=C(CCCCCCC(=O)Nc1ccccc1)NO. The predicted octanol–water partition coefficient (Wildman–Crippen LogP) is 4.94. The number of hydroxylamine groups is 2. The highest BCUT2D eigenvalue weighted by Crippen LogP contribution is 2.10. The number of rotatable bonds is 16. The van der Waals surface area contributed by atoms with Gasteiger partial charge in [-0.1, -0.05) is 62.1 Å². The third kappa shape index (κ3) is 17.6. The van der Waals surface area contributed by atoms with E-state index in [4.69, 9.17) is 10.4 Å². The van der Waals surface area contributed by atoms with Crippen molar-refractivity contribution in [1.29, 1.82) is 0 Å². The highest BCUT2D eigenvalue weighted by atomic mass is 16.5. The summed E-state index contributed by atoms with van der Waals surface area (Å²) in [6.07, 6.45) is 8.26. The summed E-state index contributed by atoms with van der Waals surface area (Å²) in [6.45, 7) is 0. The highest BCUT2D eigenvalue weighted by molar-refractivity contribution is 5.91. The summed E-state index contributed by atoms with van der Waals surface area (Å²) in [6, 6.07) is 18.7. The summed E-state index contributed by atoms with van der Waals surface area (Å²) in [5.74, 6) is -0.692. The smallest absolute Gasteiger partial charge is 0.243 e. The molecule has 0 heterocycles. The molecule has 208 valence electrons. The van der Waals surface area contributed by atoms with Gasteiger partial charge < -0.3 is 10.6 Å². The van der Waals surface area contributed by atoms with Gasteiger partial charge in [0.2, 0.25) is 23.6 Å². The van der Waals surface area contributed by atoms with Crippen LogP contribution in [0.4, 0.5) is 11.4 Å². The summed E-state index contributed by atoms with van der Waals surface area (Å²) in [5, 5.41) is 22.2. The minimum atomic E-state index is -0.359. The molecule has 0 saturated carbocycles. The fourth-order valence-corrected chi connectivity index (χ4v) is 3.45. The van der Waals surface area contributed by atoms with Gasteiger partial charge in [-0.3, -0.25) is 29.6 Å². The van der Waals surface area contributed by atoms with Crippen LogP contribution in [0.5, 0.6) is 0 Å². The first kappa shape index (κ1) is 32.3. The number of hydrogen-bond donors (Lipinski definition) is 6. The standard InChI is InChI=1S/2C14H20N2O3/c2*17-13(15-12-8-4-3-5-9-12)10-6-1-2-7-11-14(18)16-19/h2*3-5,8-9,19H,1-2,6-7,10-11H2,(H,15,17)(H,16,18). The third-order valence-corrected chi connectivity index (χ3v) is 5.48. The van der Waals surface area contributed by atoms with Crippen LogP contribution in [-0.2, 0) is 19.2 Å². The average Bonchev–Trinajstić information content (AvgIpc) is 2.93. The second-order valence-corrected chi connectivity index (χ2v) is 8.73. The normalized spacial score (nSPS) is 9.95. The molecular weight excluding hydrogens is 488 g/mol. The summed E-state index contributed by atoms with van der Waals surface area (Å²) >= 11 is 0. The van der Waals surface area contributed by atoms with E-state index in [2.05, 4.69) is 10.6 Å². The average molecular weight is 529 g/mol. The quantitative estimate of drug-likeness (QED) is 0.103. The zero-order chi connectivity index (χ0) is 27.8. The Labute approximate surface area is 224 Å². The van der Waals surface area contributed by atoms with Crippen molar-refractivity contribution < 1.29 is 29.6 Å². The molecule has 0 aliphatic heterocycles. The van der Waals surface area contributed by atoms with Crippen LogP contribution in [0.2, 0.25) is 0 Å². The first-order valence-corrected chi connectivity index (χ1v) is 13.0. The summed E-state index contributed by atoms with van der Waals surface area (Å²) in [5.41, 5.74) is 4.82. The van der Waals surface area contributed by atoms with E-state index in [0.717, 1.165) is 62.7 Å². The van der Waals surface area contributed by atoms with Gasteiger partial charge in [0.25, 0.3) is 0 Å². The number of para-hydroxylation sites is 2. The van der Waals surface area contributed by atoms with Gasteiger partial charge in [-0.05, 0) is 49.9 Å². The van der Waals surface area contributed by atoms with Gasteiger partial charge in [0.1, 0.15) is 0 Å². The third-order valence-electron chi connectivity index (χ3n) is 5.48. The molecule has 0 aliphatic carbocycles. The Balaban J connectivity index is 0.000000380. The number of anilines is 2. The second kappa shape index (κ2) is 21.3. The molecule has 10 nitrogen and oxygen atoms in total. The highest BCUT2D eigenvalue weighted by Gasteiger charge is 2.04. The molecule has 6 N–H and O–H groups in total. The zero-order valence-corrected chi connectivity index (χ0v) is 21.8. The first-order valence-electron chi connectivity index (χ1n) is 13.0. The molecule has 0 spiro atoms. The van der Waals surface area contributed by atoms with Crippen molar-refractivity contribution in [1.82, 2.24) is 11.0 Å². The number of benzene rings is 2. The van der Waals surface area contributed by atoms with Gasteiger partial charge in [-0.2, -0.15) is 0 Å². The Morgan fingerprint density at radius 2 is 0.737 bits per heavy atom. The number of carbonyl (C=O) groups is 4. The topological polar surface area (TPSA) is 157 Å². The Morgan fingerprint density at radius 1 is 0.447 bits per heavy atom. The Hall–Kier alpha value is -3.76. The van der Waals surface area contributed by atoms with Crippen LogP contribution in [0.1, 0.15) is 77.0 Å². The minimum Gasteiger partial charge on any atom is -0.326 e. The van der Waals surface area contributed by atoms with Crippen molar-refractivity contribution >= 4 is 35.0 Å². The largest absolute Gasteiger partial charge is 0.326 e. The summed E-state index contributed by atoms with van der Waals surface area (Å²) in [7, 11) is 0. The number of hydrogen-bond acceptors (Lipinski definition) is 6. The van der Waals surface area contributed by atoms with Crippen LogP contribution in [0.15, 0.2) is 60.7 Å². The maximum absolute atomic E-state index is 11.6. The van der Waals surface area contributed by atoms with Gasteiger partial charge in [-0.25, -0.2) is 11.0 Å². The Bertz CT molecular complexity index is 863. The Morgan fingerprint density at radius 3 is 1.03 bits per heavy atom. The van der Waals surface area contributed by atoms with Crippen molar-refractivity contribution in [3.8, 4) is 0 Å². The zero-order valence-electron chi connectivity index (χ0n) is 21.8. The Kier molecular flexibility index (Phi) is 18.1. The molecule has 0 aromatic heterocycles. The molecule has 2 aromatic rings. The van der Waals surface area contributed by atoms with E-state index in [1.807, 2.05) is 60.7 Å².